The van der Waals surface area contributed by atoms with Crippen molar-refractivity contribution in [2.75, 3.05) is 32.5 Å². The summed E-state index contributed by atoms with van der Waals surface area (Å²) < 4.78 is 11.0. The molecule has 2 rings (SSSR count). The quantitative estimate of drug-likeness (QED) is 0.801. The number of methoxy groups -OCH3 is 1. The smallest absolute Gasteiger partial charge is 0.121 e. The van der Waals surface area contributed by atoms with Crippen molar-refractivity contribution < 1.29 is 9.47 Å². The lowest BCUT2D eigenvalue weighted by Crippen LogP contribution is -2.31. The van der Waals surface area contributed by atoms with Gasteiger partial charge in [-0.25, -0.2) is 0 Å². The predicted octanol–water partition coefficient (Wildman–Crippen LogP) is 2.28. The average molecular weight is 264 g/mol. The summed E-state index contributed by atoms with van der Waals surface area (Å²) >= 11 is 0. The Labute approximate surface area is 115 Å². The summed E-state index contributed by atoms with van der Waals surface area (Å²) in [6, 6.07) is 5.91. The molecule has 0 aromatic heterocycles. The Bertz CT molecular complexity index is 403. The van der Waals surface area contributed by atoms with E-state index in [1.165, 1.54) is 18.4 Å². The van der Waals surface area contributed by atoms with Crippen LogP contribution in [-0.2, 0) is 11.3 Å². The fourth-order valence-electron chi connectivity index (χ4n) is 2.54. The van der Waals surface area contributed by atoms with Crippen molar-refractivity contribution in [2.24, 2.45) is 0 Å². The molecule has 0 saturated carbocycles. The van der Waals surface area contributed by atoms with Crippen molar-refractivity contribution >= 4 is 5.69 Å². The molecular formula is C15H24N2O2. The van der Waals surface area contributed by atoms with Crippen LogP contribution in [-0.4, -0.2) is 37.8 Å². The minimum Gasteiger partial charge on any atom is -0.497 e. The van der Waals surface area contributed by atoms with Crippen LogP contribution in [0.15, 0.2) is 18.2 Å². The first-order chi connectivity index (χ1) is 9.21. The van der Waals surface area contributed by atoms with E-state index in [0.717, 1.165) is 37.7 Å². The highest BCUT2D eigenvalue weighted by atomic mass is 16.5. The molecule has 1 saturated heterocycles. The van der Waals surface area contributed by atoms with Crippen molar-refractivity contribution in [1.29, 1.82) is 0 Å². The number of nitrogen functional groups attached to an aromatic ring is 1. The number of benzene rings is 1. The molecule has 0 bridgehead atoms. The first kappa shape index (κ1) is 14.2. The van der Waals surface area contributed by atoms with Crippen molar-refractivity contribution in [3.8, 4) is 5.75 Å². The van der Waals surface area contributed by atoms with Gasteiger partial charge in [0.25, 0.3) is 0 Å². The summed E-state index contributed by atoms with van der Waals surface area (Å²) in [6.45, 7) is 5.98. The highest BCUT2D eigenvalue weighted by Gasteiger charge is 2.18. The summed E-state index contributed by atoms with van der Waals surface area (Å²) in [4.78, 5) is 2.39. The molecule has 1 atom stereocenters. The Hall–Kier alpha value is -1.26. The van der Waals surface area contributed by atoms with Crippen molar-refractivity contribution in [3.05, 3.63) is 23.8 Å². The highest BCUT2D eigenvalue weighted by molar-refractivity contribution is 5.47. The van der Waals surface area contributed by atoms with Gasteiger partial charge in [-0.05, 0) is 37.1 Å². The van der Waals surface area contributed by atoms with E-state index in [-0.39, 0.29) is 0 Å². The number of rotatable bonds is 6. The van der Waals surface area contributed by atoms with Gasteiger partial charge in [-0.15, -0.1) is 0 Å². The number of hydrogen-bond donors (Lipinski definition) is 1. The van der Waals surface area contributed by atoms with Crippen LogP contribution in [0.3, 0.4) is 0 Å². The second-order valence-corrected chi connectivity index (χ2v) is 5.08. The molecule has 1 aliphatic heterocycles. The Morgan fingerprint density at radius 1 is 1.42 bits per heavy atom. The maximum Gasteiger partial charge on any atom is 0.121 e. The molecule has 1 aromatic carbocycles. The summed E-state index contributed by atoms with van der Waals surface area (Å²) in [7, 11) is 1.67. The fraction of sp³-hybridized carbons (Fsp3) is 0.600. The Morgan fingerprint density at radius 2 is 2.26 bits per heavy atom. The van der Waals surface area contributed by atoms with Gasteiger partial charge >= 0.3 is 0 Å². The second kappa shape index (κ2) is 6.78. The Morgan fingerprint density at radius 3 is 2.89 bits per heavy atom. The highest BCUT2D eigenvalue weighted by Crippen LogP contribution is 2.21. The SMILES string of the molecule is CCN(Cc1cc(N)cc(OC)c1)CC1CCCO1. The van der Waals surface area contributed by atoms with E-state index in [0.29, 0.717) is 6.10 Å². The van der Waals surface area contributed by atoms with Crippen LogP contribution >= 0.6 is 0 Å². The van der Waals surface area contributed by atoms with Gasteiger partial charge < -0.3 is 15.2 Å². The molecule has 1 fully saturated rings. The van der Waals surface area contributed by atoms with Crippen LogP contribution in [0.5, 0.6) is 5.75 Å². The zero-order valence-corrected chi connectivity index (χ0v) is 11.9. The topological polar surface area (TPSA) is 47.7 Å². The average Bonchev–Trinajstić information content (AvgIpc) is 2.90. The first-order valence-corrected chi connectivity index (χ1v) is 6.98. The van der Waals surface area contributed by atoms with Gasteiger partial charge in [0.15, 0.2) is 0 Å². The van der Waals surface area contributed by atoms with Crippen LogP contribution in [0.25, 0.3) is 0 Å². The van der Waals surface area contributed by atoms with Gasteiger partial charge in [0.1, 0.15) is 5.75 Å². The molecular weight excluding hydrogens is 240 g/mol. The van der Waals surface area contributed by atoms with Crippen LogP contribution in [0.4, 0.5) is 5.69 Å². The fourth-order valence-corrected chi connectivity index (χ4v) is 2.54. The van der Waals surface area contributed by atoms with Gasteiger partial charge in [0.05, 0.1) is 13.2 Å². The molecule has 0 radical (unpaired) electrons. The summed E-state index contributed by atoms with van der Waals surface area (Å²) in [6.07, 6.45) is 2.76. The largest absolute Gasteiger partial charge is 0.497 e. The van der Waals surface area contributed by atoms with E-state index in [9.17, 15) is 0 Å². The molecule has 4 heteroatoms. The van der Waals surface area contributed by atoms with Gasteiger partial charge in [-0.3, -0.25) is 4.90 Å². The summed E-state index contributed by atoms with van der Waals surface area (Å²) in [5, 5.41) is 0. The van der Waals surface area contributed by atoms with Crippen LogP contribution in [0.1, 0.15) is 25.3 Å². The van der Waals surface area contributed by atoms with E-state index in [4.69, 9.17) is 15.2 Å². The maximum absolute atomic E-state index is 5.89. The molecule has 1 aromatic rings. The lowest BCUT2D eigenvalue weighted by Gasteiger charge is -2.24. The molecule has 2 N–H and O–H groups in total. The maximum atomic E-state index is 5.89. The van der Waals surface area contributed by atoms with E-state index in [2.05, 4.69) is 17.9 Å². The number of hydrogen-bond acceptors (Lipinski definition) is 4. The molecule has 4 nitrogen and oxygen atoms in total. The molecule has 1 aliphatic rings. The molecule has 0 amide bonds. The van der Waals surface area contributed by atoms with Crippen LogP contribution < -0.4 is 10.5 Å². The first-order valence-electron chi connectivity index (χ1n) is 6.98. The van der Waals surface area contributed by atoms with Crippen LogP contribution in [0.2, 0.25) is 0 Å². The number of nitrogens with zero attached hydrogens (tertiary/aromatic N) is 1. The minimum atomic E-state index is 0.392. The predicted molar refractivity (Wildman–Crippen MR) is 77.3 cm³/mol. The minimum absolute atomic E-state index is 0.392. The number of anilines is 1. The molecule has 19 heavy (non-hydrogen) atoms. The Kier molecular flexibility index (Phi) is 5.05. The van der Waals surface area contributed by atoms with E-state index >= 15 is 0 Å². The van der Waals surface area contributed by atoms with Gasteiger partial charge in [-0.1, -0.05) is 6.92 Å². The number of nitrogens with two attached hydrogens (primary N) is 1. The van der Waals surface area contributed by atoms with E-state index < -0.39 is 0 Å². The third-order valence-electron chi connectivity index (χ3n) is 3.56. The van der Waals surface area contributed by atoms with E-state index in [1.54, 1.807) is 7.11 Å². The van der Waals surface area contributed by atoms with Crippen molar-refractivity contribution in [3.63, 3.8) is 0 Å². The summed E-state index contributed by atoms with van der Waals surface area (Å²) in [5.74, 6) is 0.822. The van der Waals surface area contributed by atoms with Crippen LogP contribution in [0, 0.1) is 0 Å². The lowest BCUT2D eigenvalue weighted by molar-refractivity contribution is 0.0725. The van der Waals surface area contributed by atoms with Gasteiger partial charge in [0, 0.05) is 31.5 Å². The number of ether oxygens (including phenoxy) is 2. The molecule has 106 valence electrons. The van der Waals surface area contributed by atoms with Crippen molar-refractivity contribution in [2.45, 2.75) is 32.4 Å². The standard InChI is InChI=1S/C15H24N2O2/c1-3-17(11-14-5-4-6-19-14)10-12-7-13(16)9-15(8-12)18-2/h7-9,14H,3-6,10-11,16H2,1-2H3. The number of likely N-dealkylation sites (N-methyl/N-ethyl adjacent to an activating group) is 1. The Balaban J connectivity index is 1.98. The third kappa shape index (κ3) is 4.11. The zero-order chi connectivity index (χ0) is 13.7. The lowest BCUT2D eigenvalue weighted by atomic mass is 10.1. The monoisotopic (exact) mass is 264 g/mol. The van der Waals surface area contributed by atoms with Gasteiger partial charge in [-0.2, -0.15) is 0 Å². The third-order valence-corrected chi connectivity index (χ3v) is 3.56. The van der Waals surface area contributed by atoms with Gasteiger partial charge in [0.2, 0.25) is 0 Å². The van der Waals surface area contributed by atoms with E-state index in [1.807, 2.05) is 12.1 Å². The molecule has 0 aliphatic carbocycles. The van der Waals surface area contributed by atoms with Crippen molar-refractivity contribution in [1.82, 2.24) is 4.90 Å². The normalized spacial score (nSPS) is 19.0. The zero-order valence-electron chi connectivity index (χ0n) is 11.9. The second-order valence-electron chi connectivity index (χ2n) is 5.08. The molecule has 1 unspecified atom stereocenters. The molecule has 1 heterocycles. The summed E-state index contributed by atoms with van der Waals surface area (Å²) in [5.41, 5.74) is 7.84. The molecule has 0 spiro atoms.